The predicted octanol–water partition coefficient (Wildman–Crippen LogP) is 1.50. The van der Waals surface area contributed by atoms with Crippen LogP contribution < -0.4 is 11.0 Å². The van der Waals surface area contributed by atoms with Crippen molar-refractivity contribution in [3.8, 4) is 0 Å². The maximum absolute atomic E-state index is 12.0. The fourth-order valence-corrected chi connectivity index (χ4v) is 1.44. The molecular formula is C11H14N4O. The van der Waals surface area contributed by atoms with Gasteiger partial charge in [-0.3, -0.25) is 14.9 Å². The van der Waals surface area contributed by atoms with Gasteiger partial charge in [0.1, 0.15) is 0 Å². The highest BCUT2D eigenvalue weighted by Gasteiger charge is 2.06. The van der Waals surface area contributed by atoms with Gasteiger partial charge in [0, 0.05) is 30.8 Å². The van der Waals surface area contributed by atoms with Gasteiger partial charge in [-0.15, -0.1) is 0 Å². The summed E-state index contributed by atoms with van der Waals surface area (Å²) in [6.07, 6.45) is 6.93. The van der Waals surface area contributed by atoms with Crippen LogP contribution in [0.4, 0.5) is 5.82 Å². The van der Waals surface area contributed by atoms with Crippen LogP contribution in [0.3, 0.4) is 0 Å². The third kappa shape index (κ3) is 1.98. The van der Waals surface area contributed by atoms with E-state index in [1.165, 1.54) is 0 Å². The minimum Gasteiger partial charge on any atom is -0.308 e. The zero-order chi connectivity index (χ0) is 11.5. The van der Waals surface area contributed by atoms with E-state index in [-0.39, 0.29) is 11.6 Å². The first-order valence-electron chi connectivity index (χ1n) is 5.15. The van der Waals surface area contributed by atoms with E-state index in [9.17, 15) is 4.79 Å². The normalized spacial score (nSPS) is 10.7. The third-order valence-corrected chi connectivity index (χ3v) is 2.26. The molecule has 0 aromatic carbocycles. The molecule has 0 fully saturated rings. The van der Waals surface area contributed by atoms with Gasteiger partial charge in [0.25, 0.3) is 5.56 Å². The second-order valence-electron chi connectivity index (χ2n) is 3.78. The van der Waals surface area contributed by atoms with Gasteiger partial charge in [-0.2, -0.15) is 0 Å². The lowest BCUT2D eigenvalue weighted by Gasteiger charge is -2.11. The van der Waals surface area contributed by atoms with Crippen LogP contribution in [-0.4, -0.2) is 14.2 Å². The zero-order valence-electron chi connectivity index (χ0n) is 9.29. The Morgan fingerprint density at radius 3 is 2.56 bits per heavy atom. The quantitative estimate of drug-likeness (QED) is 0.849. The summed E-state index contributed by atoms with van der Waals surface area (Å²) in [5.74, 6) is 0.326. The summed E-state index contributed by atoms with van der Waals surface area (Å²) in [4.78, 5) is 16.0. The molecule has 0 unspecified atom stereocenters. The highest BCUT2D eigenvalue weighted by atomic mass is 16.1. The Bertz CT molecular complexity index is 513. The van der Waals surface area contributed by atoms with Gasteiger partial charge >= 0.3 is 0 Å². The molecule has 0 spiro atoms. The van der Waals surface area contributed by atoms with Crippen molar-refractivity contribution in [2.75, 3.05) is 5.43 Å². The van der Waals surface area contributed by atoms with Crippen molar-refractivity contribution < 1.29 is 0 Å². The van der Waals surface area contributed by atoms with Crippen LogP contribution in [0.2, 0.25) is 0 Å². The SMILES string of the molecule is CC(C)n1ccnc(Nn2cccc2)c1=O. The summed E-state index contributed by atoms with van der Waals surface area (Å²) in [6, 6.07) is 3.87. The van der Waals surface area contributed by atoms with Gasteiger partial charge < -0.3 is 4.57 Å². The van der Waals surface area contributed by atoms with Crippen molar-refractivity contribution >= 4 is 5.82 Å². The van der Waals surface area contributed by atoms with E-state index in [1.54, 1.807) is 21.6 Å². The van der Waals surface area contributed by atoms with Crippen LogP contribution in [0.5, 0.6) is 0 Å². The standard InChI is InChI=1S/C11H14N4O/c1-9(2)15-8-5-12-10(11(15)16)13-14-6-3-4-7-14/h3-9H,1-2H3,(H,12,13). The first kappa shape index (κ1) is 10.5. The van der Waals surface area contributed by atoms with Gasteiger partial charge in [-0.05, 0) is 26.0 Å². The Morgan fingerprint density at radius 1 is 1.25 bits per heavy atom. The molecule has 16 heavy (non-hydrogen) atoms. The molecular weight excluding hydrogens is 204 g/mol. The largest absolute Gasteiger partial charge is 0.308 e. The Balaban J connectivity index is 2.35. The number of hydrogen-bond acceptors (Lipinski definition) is 3. The van der Waals surface area contributed by atoms with Crippen molar-refractivity contribution in [2.45, 2.75) is 19.9 Å². The minimum atomic E-state index is -0.119. The van der Waals surface area contributed by atoms with E-state index in [0.717, 1.165) is 0 Å². The van der Waals surface area contributed by atoms with Crippen LogP contribution in [0.15, 0.2) is 41.7 Å². The van der Waals surface area contributed by atoms with Gasteiger partial charge in [-0.25, -0.2) is 4.98 Å². The molecule has 0 aliphatic heterocycles. The van der Waals surface area contributed by atoms with Crippen LogP contribution in [0, 0.1) is 0 Å². The van der Waals surface area contributed by atoms with E-state index >= 15 is 0 Å². The third-order valence-electron chi connectivity index (χ3n) is 2.26. The molecule has 2 rings (SSSR count). The Kier molecular flexibility index (Phi) is 2.76. The van der Waals surface area contributed by atoms with E-state index in [1.807, 2.05) is 38.4 Å². The fraction of sp³-hybridized carbons (Fsp3) is 0.273. The van der Waals surface area contributed by atoms with Crippen LogP contribution in [0.25, 0.3) is 0 Å². The van der Waals surface area contributed by atoms with Gasteiger partial charge in [-0.1, -0.05) is 0 Å². The fourth-order valence-electron chi connectivity index (χ4n) is 1.44. The summed E-state index contributed by atoms with van der Waals surface area (Å²) in [5, 5.41) is 0. The van der Waals surface area contributed by atoms with E-state index in [2.05, 4.69) is 10.4 Å². The molecule has 1 N–H and O–H groups in total. The number of nitrogens with zero attached hydrogens (tertiary/aromatic N) is 3. The Labute approximate surface area is 93.3 Å². The number of aromatic nitrogens is 3. The molecule has 0 atom stereocenters. The Morgan fingerprint density at radius 2 is 1.94 bits per heavy atom. The van der Waals surface area contributed by atoms with Crippen LogP contribution >= 0.6 is 0 Å². The molecule has 84 valence electrons. The van der Waals surface area contributed by atoms with Crippen LogP contribution in [-0.2, 0) is 0 Å². The highest BCUT2D eigenvalue weighted by molar-refractivity contribution is 5.30. The summed E-state index contributed by atoms with van der Waals surface area (Å²) in [5.41, 5.74) is 2.80. The lowest BCUT2D eigenvalue weighted by atomic mass is 10.4. The first-order chi connectivity index (χ1) is 7.68. The molecule has 0 aliphatic carbocycles. The van der Waals surface area contributed by atoms with Crippen molar-refractivity contribution in [1.82, 2.24) is 14.2 Å². The highest BCUT2D eigenvalue weighted by Crippen LogP contribution is 2.01. The predicted molar refractivity (Wildman–Crippen MR) is 62.3 cm³/mol. The lowest BCUT2D eigenvalue weighted by molar-refractivity contribution is 0.574. The van der Waals surface area contributed by atoms with Gasteiger partial charge in [0.05, 0.1) is 0 Å². The minimum absolute atomic E-state index is 0.119. The molecule has 0 bridgehead atoms. The smallest absolute Gasteiger partial charge is 0.295 e. The van der Waals surface area contributed by atoms with Crippen molar-refractivity contribution in [3.63, 3.8) is 0 Å². The van der Waals surface area contributed by atoms with E-state index in [0.29, 0.717) is 5.82 Å². The van der Waals surface area contributed by atoms with Crippen molar-refractivity contribution in [2.24, 2.45) is 0 Å². The van der Waals surface area contributed by atoms with Gasteiger partial charge in [0.15, 0.2) is 0 Å². The second kappa shape index (κ2) is 4.22. The summed E-state index contributed by atoms with van der Waals surface area (Å²) in [7, 11) is 0. The molecule has 2 aromatic heterocycles. The molecule has 0 aliphatic rings. The maximum Gasteiger partial charge on any atom is 0.295 e. The molecule has 5 nitrogen and oxygen atoms in total. The molecule has 2 heterocycles. The second-order valence-corrected chi connectivity index (χ2v) is 3.78. The average molecular weight is 218 g/mol. The summed E-state index contributed by atoms with van der Waals surface area (Å²) < 4.78 is 3.33. The topological polar surface area (TPSA) is 51.9 Å². The van der Waals surface area contributed by atoms with Crippen molar-refractivity contribution in [1.29, 1.82) is 0 Å². The average Bonchev–Trinajstić information content (AvgIpc) is 2.73. The molecule has 5 heteroatoms. The van der Waals surface area contributed by atoms with Gasteiger partial charge in [0.2, 0.25) is 5.82 Å². The van der Waals surface area contributed by atoms with Crippen molar-refractivity contribution in [3.05, 3.63) is 47.3 Å². The first-order valence-corrected chi connectivity index (χ1v) is 5.15. The molecule has 0 saturated carbocycles. The summed E-state index contributed by atoms with van der Waals surface area (Å²) >= 11 is 0. The maximum atomic E-state index is 12.0. The number of rotatable bonds is 3. The molecule has 0 amide bonds. The zero-order valence-corrected chi connectivity index (χ0v) is 9.29. The molecule has 2 aromatic rings. The number of anilines is 1. The molecule has 0 saturated heterocycles. The molecule has 0 radical (unpaired) electrons. The monoisotopic (exact) mass is 218 g/mol. The van der Waals surface area contributed by atoms with E-state index in [4.69, 9.17) is 0 Å². The number of hydrogen-bond donors (Lipinski definition) is 1. The summed E-state index contributed by atoms with van der Waals surface area (Å²) in [6.45, 7) is 3.92. The van der Waals surface area contributed by atoms with Crippen LogP contribution in [0.1, 0.15) is 19.9 Å². The van der Waals surface area contributed by atoms with E-state index < -0.39 is 0 Å². The Hall–Kier alpha value is -2.04. The lowest BCUT2D eigenvalue weighted by Crippen LogP contribution is -2.26. The number of nitrogens with one attached hydrogen (secondary N) is 1.